The monoisotopic (exact) mass is 242 g/mol. The highest BCUT2D eigenvalue weighted by Crippen LogP contribution is 2.19. The van der Waals surface area contributed by atoms with Crippen molar-refractivity contribution in [3.8, 4) is 0 Å². The average molecular weight is 242 g/mol. The number of nitrogens with zero attached hydrogens (tertiary/aromatic N) is 1. The van der Waals surface area contributed by atoms with Crippen LogP contribution < -0.4 is 5.32 Å². The Labute approximate surface area is 98.4 Å². The van der Waals surface area contributed by atoms with Crippen LogP contribution >= 0.6 is 0 Å². The van der Waals surface area contributed by atoms with E-state index in [-0.39, 0.29) is 24.3 Å². The molecule has 0 aliphatic carbocycles. The highest BCUT2D eigenvalue weighted by atomic mass is 19.1. The highest BCUT2D eigenvalue weighted by molar-refractivity contribution is 5.40. The summed E-state index contributed by atoms with van der Waals surface area (Å²) in [6.07, 6.45) is 0. The van der Waals surface area contributed by atoms with Gasteiger partial charge in [-0.05, 0) is 26.0 Å². The molecule has 0 heterocycles. The van der Waals surface area contributed by atoms with E-state index in [0.29, 0.717) is 0 Å². The minimum atomic E-state index is -0.915. The van der Waals surface area contributed by atoms with Gasteiger partial charge in [0, 0.05) is 24.7 Å². The number of hydrogen-bond acceptors (Lipinski definition) is 4. The molecule has 1 aromatic carbocycles. The first-order valence-corrected chi connectivity index (χ1v) is 5.15. The van der Waals surface area contributed by atoms with Gasteiger partial charge in [-0.1, -0.05) is 0 Å². The zero-order valence-electron chi connectivity index (χ0n) is 9.74. The summed E-state index contributed by atoms with van der Waals surface area (Å²) in [5, 5.41) is 23.0. The lowest BCUT2D eigenvalue weighted by atomic mass is 10.1. The molecule has 0 aromatic heterocycles. The number of aliphatic hydroxyl groups is 1. The molecule has 0 aliphatic rings. The molecular weight excluding hydrogens is 227 g/mol. The second kappa shape index (κ2) is 5.20. The standard InChI is InChI=1S/C11H15FN2O3/c1-11(2,15)7-13-6-8-5-9(12)3-4-10(8)14(16)17/h3-5,13,15H,6-7H2,1-2H3. The second-order valence-corrected chi connectivity index (χ2v) is 4.45. The Bertz CT molecular complexity index is 416. The van der Waals surface area contributed by atoms with E-state index < -0.39 is 16.3 Å². The predicted octanol–water partition coefficient (Wildman–Crippen LogP) is 1.59. The zero-order chi connectivity index (χ0) is 13.1. The number of rotatable bonds is 5. The van der Waals surface area contributed by atoms with Crippen LogP contribution in [-0.4, -0.2) is 22.2 Å². The van der Waals surface area contributed by atoms with Gasteiger partial charge in [0.05, 0.1) is 10.5 Å². The molecule has 17 heavy (non-hydrogen) atoms. The summed E-state index contributed by atoms with van der Waals surface area (Å²) in [6, 6.07) is 3.31. The number of halogens is 1. The Hall–Kier alpha value is -1.53. The molecule has 0 unspecified atom stereocenters. The molecule has 6 heteroatoms. The van der Waals surface area contributed by atoms with Crippen molar-refractivity contribution >= 4 is 5.69 Å². The molecule has 0 fully saturated rings. The van der Waals surface area contributed by atoms with Gasteiger partial charge >= 0.3 is 0 Å². The summed E-state index contributed by atoms with van der Waals surface area (Å²) >= 11 is 0. The van der Waals surface area contributed by atoms with Gasteiger partial charge in [0.25, 0.3) is 5.69 Å². The number of nitro groups is 1. The van der Waals surface area contributed by atoms with E-state index in [1.54, 1.807) is 13.8 Å². The van der Waals surface area contributed by atoms with Crippen molar-refractivity contribution in [2.75, 3.05) is 6.54 Å². The van der Waals surface area contributed by atoms with Gasteiger partial charge in [-0.15, -0.1) is 0 Å². The zero-order valence-corrected chi connectivity index (χ0v) is 9.74. The molecule has 0 aliphatic heterocycles. The van der Waals surface area contributed by atoms with Crippen molar-refractivity contribution in [1.82, 2.24) is 5.32 Å². The fourth-order valence-corrected chi connectivity index (χ4v) is 1.38. The topological polar surface area (TPSA) is 75.4 Å². The third-order valence-electron chi connectivity index (χ3n) is 2.11. The summed E-state index contributed by atoms with van der Waals surface area (Å²) in [7, 11) is 0. The largest absolute Gasteiger partial charge is 0.389 e. The van der Waals surface area contributed by atoms with Crippen LogP contribution in [0.4, 0.5) is 10.1 Å². The lowest BCUT2D eigenvalue weighted by Gasteiger charge is -2.17. The average Bonchev–Trinajstić information content (AvgIpc) is 2.15. The Balaban J connectivity index is 2.75. The van der Waals surface area contributed by atoms with Crippen molar-refractivity contribution in [2.45, 2.75) is 26.0 Å². The van der Waals surface area contributed by atoms with E-state index in [0.717, 1.165) is 18.2 Å². The molecule has 2 N–H and O–H groups in total. The maximum absolute atomic E-state index is 13.0. The van der Waals surface area contributed by atoms with Crippen LogP contribution in [0.5, 0.6) is 0 Å². The van der Waals surface area contributed by atoms with E-state index in [1.165, 1.54) is 0 Å². The predicted molar refractivity (Wildman–Crippen MR) is 61.1 cm³/mol. The fourth-order valence-electron chi connectivity index (χ4n) is 1.38. The smallest absolute Gasteiger partial charge is 0.274 e. The molecular formula is C11H15FN2O3. The molecule has 5 nitrogen and oxygen atoms in total. The van der Waals surface area contributed by atoms with Crippen LogP contribution in [0.3, 0.4) is 0 Å². The van der Waals surface area contributed by atoms with Crippen LogP contribution in [-0.2, 0) is 6.54 Å². The Morgan fingerprint density at radius 3 is 2.71 bits per heavy atom. The van der Waals surface area contributed by atoms with Crippen LogP contribution in [0.25, 0.3) is 0 Å². The summed E-state index contributed by atoms with van der Waals surface area (Å²) in [6.45, 7) is 3.62. The maximum Gasteiger partial charge on any atom is 0.274 e. The fraction of sp³-hybridized carbons (Fsp3) is 0.455. The molecule has 0 saturated carbocycles. The summed E-state index contributed by atoms with van der Waals surface area (Å²) < 4.78 is 13.0. The van der Waals surface area contributed by atoms with Gasteiger partial charge in [-0.25, -0.2) is 4.39 Å². The lowest BCUT2D eigenvalue weighted by molar-refractivity contribution is -0.385. The lowest BCUT2D eigenvalue weighted by Crippen LogP contribution is -2.34. The SMILES string of the molecule is CC(C)(O)CNCc1cc(F)ccc1[N+](=O)[O-]. The Kier molecular flexibility index (Phi) is 4.14. The summed E-state index contributed by atoms with van der Waals surface area (Å²) in [4.78, 5) is 10.1. The molecule has 0 radical (unpaired) electrons. The van der Waals surface area contributed by atoms with Crippen LogP contribution in [0.2, 0.25) is 0 Å². The summed E-state index contributed by atoms with van der Waals surface area (Å²) in [5.41, 5.74) is -0.781. The number of nitro benzene ring substituents is 1. The van der Waals surface area contributed by atoms with Crippen LogP contribution in [0.15, 0.2) is 18.2 Å². The van der Waals surface area contributed by atoms with Crippen molar-refractivity contribution < 1.29 is 14.4 Å². The number of benzene rings is 1. The minimum absolute atomic E-state index is 0.130. The normalized spacial score (nSPS) is 11.5. The van der Waals surface area contributed by atoms with Gasteiger partial charge in [-0.3, -0.25) is 10.1 Å². The third-order valence-corrected chi connectivity index (χ3v) is 2.11. The van der Waals surface area contributed by atoms with E-state index in [9.17, 15) is 19.6 Å². The molecule has 0 saturated heterocycles. The van der Waals surface area contributed by atoms with Crippen LogP contribution in [0, 0.1) is 15.9 Å². The molecule has 1 aromatic rings. The van der Waals surface area contributed by atoms with Crippen molar-refractivity contribution in [2.24, 2.45) is 0 Å². The van der Waals surface area contributed by atoms with Crippen molar-refractivity contribution in [3.05, 3.63) is 39.7 Å². The second-order valence-electron chi connectivity index (χ2n) is 4.45. The first-order chi connectivity index (χ1) is 7.79. The number of nitrogens with one attached hydrogen (secondary N) is 1. The highest BCUT2D eigenvalue weighted by Gasteiger charge is 2.16. The number of hydrogen-bond donors (Lipinski definition) is 2. The third kappa shape index (κ3) is 4.46. The molecule has 94 valence electrons. The maximum atomic E-state index is 13.0. The van der Waals surface area contributed by atoms with Crippen molar-refractivity contribution in [3.63, 3.8) is 0 Å². The summed E-state index contributed by atoms with van der Waals surface area (Å²) in [5.74, 6) is -0.518. The molecule has 0 bridgehead atoms. The van der Waals surface area contributed by atoms with Crippen molar-refractivity contribution in [1.29, 1.82) is 0 Å². The van der Waals surface area contributed by atoms with Gasteiger partial charge in [-0.2, -0.15) is 0 Å². The van der Waals surface area contributed by atoms with E-state index in [1.807, 2.05) is 0 Å². The van der Waals surface area contributed by atoms with Crippen LogP contribution in [0.1, 0.15) is 19.4 Å². The van der Waals surface area contributed by atoms with Gasteiger partial charge < -0.3 is 10.4 Å². The van der Waals surface area contributed by atoms with E-state index in [4.69, 9.17) is 0 Å². The van der Waals surface area contributed by atoms with Gasteiger partial charge in [0.1, 0.15) is 5.82 Å². The molecule has 0 amide bonds. The first-order valence-electron chi connectivity index (χ1n) is 5.15. The minimum Gasteiger partial charge on any atom is -0.389 e. The Morgan fingerprint density at radius 2 is 2.18 bits per heavy atom. The molecule has 0 atom stereocenters. The quantitative estimate of drug-likeness (QED) is 0.607. The van der Waals surface area contributed by atoms with E-state index >= 15 is 0 Å². The molecule has 0 spiro atoms. The van der Waals surface area contributed by atoms with Gasteiger partial charge in [0.15, 0.2) is 0 Å². The van der Waals surface area contributed by atoms with E-state index in [2.05, 4.69) is 5.32 Å². The molecule has 1 rings (SSSR count). The van der Waals surface area contributed by atoms with Gasteiger partial charge in [0.2, 0.25) is 0 Å². The Morgan fingerprint density at radius 1 is 1.53 bits per heavy atom. The first kappa shape index (κ1) is 13.5.